The average Bonchev–Trinajstić information content (AvgIpc) is 3.22. The lowest BCUT2D eigenvalue weighted by Crippen LogP contribution is -2.46. The Labute approximate surface area is 188 Å². The number of piperazine rings is 1. The topological polar surface area (TPSA) is 35.9 Å². The van der Waals surface area contributed by atoms with E-state index in [-0.39, 0.29) is 0 Å². The van der Waals surface area contributed by atoms with Gasteiger partial charge in [0.25, 0.3) is 0 Å². The molecule has 0 unspecified atom stereocenters. The number of methoxy groups -OCH3 is 1. The molecule has 1 N–H and O–H groups in total. The molecular formula is C28H26N2O2. The minimum Gasteiger partial charge on any atom is -0.507 e. The standard InChI is InChI=1S/C28H26N2O2/c1-32-27-18-23-24(28-20(16-26(23)31)15-19-7-5-6-10-22(19)28)17-25(27)30-13-11-29(12-14-30)21-8-3-2-4-9-21/h2-10,16-18,31H,11-15H2,1H3. The van der Waals surface area contributed by atoms with Gasteiger partial charge in [0.05, 0.1) is 12.8 Å². The monoisotopic (exact) mass is 422 g/mol. The van der Waals surface area contributed by atoms with Crippen LogP contribution in [0, 0.1) is 0 Å². The van der Waals surface area contributed by atoms with Crippen LogP contribution in [0.5, 0.6) is 11.5 Å². The molecule has 2 aliphatic rings. The highest BCUT2D eigenvalue weighted by Crippen LogP contribution is 2.47. The zero-order chi connectivity index (χ0) is 21.7. The number of para-hydroxylation sites is 1. The van der Waals surface area contributed by atoms with E-state index in [1.165, 1.54) is 27.9 Å². The molecule has 4 aromatic rings. The van der Waals surface area contributed by atoms with Crippen LogP contribution in [0.2, 0.25) is 0 Å². The molecule has 1 heterocycles. The van der Waals surface area contributed by atoms with E-state index in [4.69, 9.17) is 4.74 Å². The Kier molecular flexibility index (Phi) is 4.46. The quantitative estimate of drug-likeness (QED) is 0.419. The lowest BCUT2D eigenvalue weighted by molar-refractivity contribution is 0.414. The summed E-state index contributed by atoms with van der Waals surface area (Å²) in [7, 11) is 1.71. The number of hydrogen-bond donors (Lipinski definition) is 1. The first kappa shape index (κ1) is 19.1. The predicted octanol–water partition coefficient (Wildman–Crippen LogP) is 5.45. The SMILES string of the molecule is COc1cc2c(O)cc3c(c2cc1N1CCN(c2ccccc2)CC1)-c1ccccc1C3. The molecule has 0 atom stereocenters. The molecule has 1 saturated heterocycles. The van der Waals surface area contributed by atoms with Crippen LogP contribution in [0.3, 0.4) is 0 Å². The van der Waals surface area contributed by atoms with Gasteiger partial charge in [0, 0.05) is 37.3 Å². The predicted molar refractivity (Wildman–Crippen MR) is 131 cm³/mol. The van der Waals surface area contributed by atoms with Gasteiger partial charge in [-0.2, -0.15) is 0 Å². The minimum absolute atomic E-state index is 0.324. The van der Waals surface area contributed by atoms with Crippen molar-refractivity contribution in [3.63, 3.8) is 0 Å². The third kappa shape index (κ3) is 2.98. The van der Waals surface area contributed by atoms with E-state index in [1.807, 2.05) is 12.1 Å². The summed E-state index contributed by atoms with van der Waals surface area (Å²) in [5.41, 5.74) is 7.42. The smallest absolute Gasteiger partial charge is 0.142 e. The van der Waals surface area contributed by atoms with Gasteiger partial charge in [-0.1, -0.05) is 42.5 Å². The molecule has 0 saturated carbocycles. The zero-order valence-electron chi connectivity index (χ0n) is 18.2. The molecule has 0 radical (unpaired) electrons. The molecule has 6 rings (SSSR count). The number of ether oxygens (including phenoxy) is 1. The van der Waals surface area contributed by atoms with Gasteiger partial charge in [-0.25, -0.2) is 0 Å². The van der Waals surface area contributed by atoms with Crippen molar-refractivity contribution in [1.82, 2.24) is 0 Å². The summed E-state index contributed by atoms with van der Waals surface area (Å²) in [6.45, 7) is 3.78. The summed E-state index contributed by atoms with van der Waals surface area (Å²) in [5, 5.41) is 12.8. The molecule has 0 spiro atoms. The van der Waals surface area contributed by atoms with Crippen LogP contribution in [-0.2, 0) is 6.42 Å². The average molecular weight is 423 g/mol. The van der Waals surface area contributed by atoms with Crippen molar-refractivity contribution in [2.24, 2.45) is 0 Å². The molecule has 4 nitrogen and oxygen atoms in total. The number of phenols is 1. The second kappa shape index (κ2) is 7.49. The van der Waals surface area contributed by atoms with Crippen molar-refractivity contribution in [2.45, 2.75) is 6.42 Å². The second-order valence-electron chi connectivity index (χ2n) is 8.64. The van der Waals surface area contributed by atoms with E-state index in [0.717, 1.165) is 54.8 Å². The first-order valence-corrected chi connectivity index (χ1v) is 11.2. The third-order valence-corrected chi connectivity index (χ3v) is 6.91. The Morgan fingerprint density at radius 3 is 2.25 bits per heavy atom. The van der Waals surface area contributed by atoms with Gasteiger partial charge >= 0.3 is 0 Å². The summed E-state index contributed by atoms with van der Waals surface area (Å²) in [4.78, 5) is 4.85. The highest BCUT2D eigenvalue weighted by atomic mass is 16.5. The first-order chi connectivity index (χ1) is 15.7. The van der Waals surface area contributed by atoms with Crippen molar-refractivity contribution in [1.29, 1.82) is 0 Å². The largest absolute Gasteiger partial charge is 0.507 e. The minimum atomic E-state index is 0.324. The van der Waals surface area contributed by atoms with Crippen LogP contribution < -0.4 is 14.5 Å². The molecule has 0 amide bonds. The van der Waals surface area contributed by atoms with E-state index in [9.17, 15) is 5.11 Å². The summed E-state index contributed by atoms with van der Waals surface area (Å²) in [5.74, 6) is 1.14. The number of anilines is 2. The molecule has 0 bridgehead atoms. The molecule has 1 aliphatic heterocycles. The molecule has 1 fully saturated rings. The lowest BCUT2D eigenvalue weighted by atomic mass is 9.96. The number of benzene rings is 4. The number of hydrogen-bond acceptors (Lipinski definition) is 4. The highest BCUT2D eigenvalue weighted by molar-refractivity contribution is 6.06. The van der Waals surface area contributed by atoms with Gasteiger partial charge in [-0.05, 0) is 64.4 Å². The fraction of sp³-hybridized carbons (Fsp3) is 0.214. The zero-order valence-corrected chi connectivity index (χ0v) is 18.2. The summed E-state index contributed by atoms with van der Waals surface area (Å²) in [6, 6.07) is 25.3. The van der Waals surface area contributed by atoms with Crippen LogP contribution in [0.4, 0.5) is 11.4 Å². The van der Waals surface area contributed by atoms with Gasteiger partial charge in [0.1, 0.15) is 11.5 Å². The number of rotatable bonds is 3. The molecule has 4 heteroatoms. The van der Waals surface area contributed by atoms with Crippen molar-refractivity contribution in [3.8, 4) is 22.6 Å². The third-order valence-electron chi connectivity index (χ3n) is 6.91. The van der Waals surface area contributed by atoms with E-state index in [1.54, 1.807) is 7.11 Å². The summed E-state index contributed by atoms with van der Waals surface area (Å²) in [6.07, 6.45) is 0.867. The maximum Gasteiger partial charge on any atom is 0.142 e. The van der Waals surface area contributed by atoms with E-state index in [2.05, 4.69) is 70.5 Å². The van der Waals surface area contributed by atoms with Gasteiger partial charge in [0.15, 0.2) is 0 Å². The Morgan fingerprint density at radius 1 is 0.750 bits per heavy atom. The fourth-order valence-electron chi connectivity index (χ4n) is 5.31. The van der Waals surface area contributed by atoms with Gasteiger partial charge < -0.3 is 19.6 Å². The Hall–Kier alpha value is -3.66. The number of phenolic OH excluding ortho intramolecular Hbond substituents is 1. The molecule has 160 valence electrons. The van der Waals surface area contributed by atoms with Gasteiger partial charge in [-0.15, -0.1) is 0 Å². The maximum absolute atomic E-state index is 10.8. The van der Waals surface area contributed by atoms with E-state index in [0.29, 0.717) is 5.75 Å². The Bertz CT molecular complexity index is 1310. The van der Waals surface area contributed by atoms with Crippen LogP contribution in [-0.4, -0.2) is 38.4 Å². The van der Waals surface area contributed by atoms with Crippen LogP contribution in [0.1, 0.15) is 11.1 Å². The van der Waals surface area contributed by atoms with Crippen LogP contribution in [0.15, 0.2) is 72.8 Å². The van der Waals surface area contributed by atoms with Crippen molar-refractivity contribution >= 4 is 22.1 Å². The van der Waals surface area contributed by atoms with Crippen molar-refractivity contribution in [3.05, 3.63) is 83.9 Å². The van der Waals surface area contributed by atoms with Gasteiger partial charge in [0.2, 0.25) is 0 Å². The Balaban J connectivity index is 1.42. The molecule has 4 aromatic carbocycles. The lowest BCUT2D eigenvalue weighted by Gasteiger charge is -2.38. The molecule has 32 heavy (non-hydrogen) atoms. The normalized spacial score (nSPS) is 15.0. The number of fused-ring (bicyclic) bond motifs is 5. The molecule has 1 aliphatic carbocycles. The highest BCUT2D eigenvalue weighted by Gasteiger charge is 2.26. The Morgan fingerprint density at radius 2 is 1.47 bits per heavy atom. The summed E-state index contributed by atoms with van der Waals surface area (Å²) >= 11 is 0. The van der Waals surface area contributed by atoms with Gasteiger partial charge in [-0.3, -0.25) is 0 Å². The first-order valence-electron chi connectivity index (χ1n) is 11.2. The van der Waals surface area contributed by atoms with Crippen LogP contribution in [0.25, 0.3) is 21.9 Å². The van der Waals surface area contributed by atoms with Crippen molar-refractivity contribution < 1.29 is 9.84 Å². The maximum atomic E-state index is 10.8. The molecule has 0 aromatic heterocycles. The van der Waals surface area contributed by atoms with Crippen molar-refractivity contribution in [2.75, 3.05) is 43.1 Å². The van der Waals surface area contributed by atoms with E-state index >= 15 is 0 Å². The van der Waals surface area contributed by atoms with E-state index < -0.39 is 0 Å². The molecular weight excluding hydrogens is 396 g/mol. The summed E-state index contributed by atoms with van der Waals surface area (Å²) < 4.78 is 5.80. The van der Waals surface area contributed by atoms with Crippen LogP contribution >= 0.6 is 0 Å². The number of aromatic hydroxyl groups is 1. The fourth-order valence-corrected chi connectivity index (χ4v) is 5.31. The second-order valence-corrected chi connectivity index (χ2v) is 8.64. The number of nitrogens with zero attached hydrogens (tertiary/aromatic N) is 2.